The average Bonchev–Trinajstić information content (AvgIpc) is 3.66. The van der Waals surface area contributed by atoms with Crippen LogP contribution in [0.4, 0.5) is 0 Å². The number of primary amides is 1. The van der Waals surface area contributed by atoms with Gasteiger partial charge in [-0.15, -0.1) is 0 Å². The Morgan fingerprint density at radius 2 is 1.12 bits per heavy atom. The van der Waals surface area contributed by atoms with Crippen molar-refractivity contribution in [3.8, 4) is 0 Å². The second-order valence-corrected chi connectivity index (χ2v) is 23.8. The van der Waals surface area contributed by atoms with Crippen molar-refractivity contribution in [1.29, 1.82) is 0 Å². The number of esters is 2. The van der Waals surface area contributed by atoms with Gasteiger partial charge in [-0.05, 0) is 40.0 Å². The van der Waals surface area contributed by atoms with Gasteiger partial charge in [0.15, 0.2) is 12.4 Å². The molecule has 0 aliphatic carbocycles. The summed E-state index contributed by atoms with van der Waals surface area (Å²) in [7, 11) is -5.06. The minimum Gasteiger partial charge on any atom is -0.756 e. The first-order chi connectivity index (χ1) is 40.5. The Bertz CT molecular complexity index is 1970. The Balaban J connectivity index is 0.0000722. The molecule has 0 aromatic carbocycles. The van der Waals surface area contributed by atoms with Crippen molar-refractivity contribution >= 4 is 55.2 Å². The van der Waals surface area contributed by atoms with Crippen LogP contribution in [0, 0.1) is 0 Å². The van der Waals surface area contributed by atoms with Crippen molar-refractivity contribution in [3.63, 3.8) is 0 Å². The first kappa shape index (κ1) is 82.8. The summed E-state index contributed by atoms with van der Waals surface area (Å²) < 4.78 is 44.7. The minimum atomic E-state index is -5.06. The van der Waals surface area contributed by atoms with Crippen LogP contribution in [0.25, 0.3) is 0 Å². The van der Waals surface area contributed by atoms with Crippen LogP contribution >= 0.6 is 7.82 Å². The molecule has 10 N–H and O–H groups in total. The molecule has 1 saturated heterocycles. The molecule has 0 bridgehead atoms. The molecule has 6 amide bonds. The smallest absolute Gasteiger partial charge is 0.756 e. The topological polar surface area (TPSA) is 379 Å². The number of carbonyl (C=O) groups is 8. The maximum atomic E-state index is 13.3. The molecule has 86 heavy (non-hydrogen) atoms. The largest absolute Gasteiger partial charge is 1.00 e. The quantitative estimate of drug-likeness (QED) is 0.0182. The van der Waals surface area contributed by atoms with Crippen LogP contribution in [-0.4, -0.2) is 157 Å². The maximum Gasteiger partial charge on any atom is 1.00 e. The van der Waals surface area contributed by atoms with E-state index >= 15 is 0 Å². The van der Waals surface area contributed by atoms with Gasteiger partial charge in [0, 0.05) is 32.7 Å². The number of aliphatic hydroxyl groups excluding tert-OH is 3. The third-order valence-corrected chi connectivity index (χ3v) is 15.6. The van der Waals surface area contributed by atoms with Gasteiger partial charge in [-0.3, -0.25) is 48.2 Å². The van der Waals surface area contributed by atoms with Gasteiger partial charge < -0.3 is 75.2 Å². The molecule has 1 aliphatic heterocycles. The number of imide groups is 1. The fourth-order valence-electron chi connectivity index (χ4n) is 9.43. The van der Waals surface area contributed by atoms with E-state index in [4.69, 9.17) is 33.7 Å². The van der Waals surface area contributed by atoms with Crippen LogP contribution in [0.3, 0.4) is 0 Å². The van der Waals surface area contributed by atoms with Crippen LogP contribution in [0.5, 0.6) is 0 Å². The molecule has 0 aromatic rings. The number of ether oxygens (including phenoxy) is 4. The molecule has 494 valence electrons. The number of unbranched alkanes of at least 4 members (excludes halogenated alkanes) is 24. The maximum absolute atomic E-state index is 13.3. The number of amides is 6. The summed E-state index contributed by atoms with van der Waals surface area (Å²) in [5.41, 5.74) is 5.29. The van der Waals surface area contributed by atoms with Crippen molar-refractivity contribution in [1.82, 2.24) is 26.6 Å². The van der Waals surface area contributed by atoms with Crippen molar-refractivity contribution in [2.24, 2.45) is 5.73 Å². The molecule has 1 aliphatic rings. The van der Waals surface area contributed by atoms with Crippen molar-refractivity contribution in [3.05, 3.63) is 0 Å². The number of hydrogen-bond donors (Lipinski definition) is 9. The number of aliphatic hydroxyl groups is 3. The van der Waals surface area contributed by atoms with Gasteiger partial charge >= 0.3 is 41.5 Å². The zero-order valence-corrected chi connectivity index (χ0v) is 55.8. The van der Waals surface area contributed by atoms with E-state index in [1.807, 2.05) is 0 Å². The van der Waals surface area contributed by atoms with E-state index in [2.05, 4.69) is 40.4 Å². The third-order valence-electron chi connectivity index (χ3n) is 14.6. The molecule has 25 nitrogen and oxygen atoms in total. The molecule has 0 aromatic heterocycles. The monoisotopic (exact) mass is 1260 g/mol. The number of hydrogen-bond acceptors (Lipinski definition) is 20. The Kier molecular flexibility index (Phi) is 48.7. The zero-order chi connectivity index (χ0) is 63.4. The summed E-state index contributed by atoms with van der Waals surface area (Å²) >= 11 is 0. The van der Waals surface area contributed by atoms with Crippen LogP contribution in [0.15, 0.2) is 0 Å². The second-order valence-electron chi connectivity index (χ2n) is 22.4. The molecule has 1 rings (SSSR count). The number of nitrogens with one attached hydrogen (secondary N) is 5. The predicted octanol–water partition coefficient (Wildman–Crippen LogP) is 2.13. The molecule has 11 atom stereocenters. The van der Waals surface area contributed by atoms with E-state index in [0.717, 1.165) is 58.3 Å². The van der Waals surface area contributed by atoms with Gasteiger partial charge in [0.1, 0.15) is 49.1 Å². The fraction of sp³-hybridized carbons (Fsp3) is 0.864. The van der Waals surface area contributed by atoms with Gasteiger partial charge in [0.2, 0.25) is 35.4 Å². The molecular weight excluding hydrogens is 1150 g/mol. The molecule has 27 heteroatoms. The summed E-state index contributed by atoms with van der Waals surface area (Å²) in [6, 6.07) is -5.42. The standard InChI is InChI=1S/C59H109N6O19P.Na/c1-7-9-11-13-15-17-19-21-23-25-27-29-31-33-50(69)79-40-46(83-51(70)34-32-30-28-26-24-22-20-18-16-14-12-10-8-2)41-81-85(77,78)80-38-37-61-42(3)55(72)65-58(75)47(35-36-49(60)68)64-56(73)43(4)62-57(74)44(5)82-54-52(63-45(6)67)59(76)84-48(39-66)53(54)71;/h42-44,46-48,52-54,59,61,66,71,76H,7-41H2,1-6H3,(H2,60,68)(H,62,74)(H,63,67)(H,64,73)(H,77,78)(H,65,72,75);/q;+1/p-1/t42-,43-,44?,46+,47+,48+,52+,53+,54+,59-;/m0./s1. The van der Waals surface area contributed by atoms with E-state index in [0.29, 0.717) is 12.8 Å². The summed E-state index contributed by atoms with van der Waals surface area (Å²) in [5, 5.41) is 42.6. The number of phosphoric acid groups is 1. The summed E-state index contributed by atoms with van der Waals surface area (Å²) in [4.78, 5) is 115. The minimum absolute atomic E-state index is 0. The van der Waals surface area contributed by atoms with Crippen LogP contribution in [0.2, 0.25) is 0 Å². The van der Waals surface area contributed by atoms with Gasteiger partial charge in [-0.2, -0.15) is 0 Å². The van der Waals surface area contributed by atoms with E-state index in [9.17, 15) is 63.1 Å². The first-order valence-corrected chi connectivity index (χ1v) is 33.0. The van der Waals surface area contributed by atoms with Gasteiger partial charge in [0.05, 0.1) is 25.9 Å². The van der Waals surface area contributed by atoms with Crippen LogP contribution in [0.1, 0.15) is 234 Å². The molecule has 1 fully saturated rings. The number of carbonyl (C=O) groups excluding carboxylic acids is 8. The Morgan fingerprint density at radius 3 is 1.59 bits per heavy atom. The SMILES string of the molecule is CCCCCCCCCCCCCCCC(=O)OC[C@H](COP(=O)([O-])OCCN[C@@H](C)C(=O)NC(=O)[C@@H](CCC(N)=O)NC(=O)[C@H](C)NC(=O)C(C)O[C@H]1[C@H](O)[C@@H](CO)O[C@H](O)[C@@H]1NC(C)=O)OC(=O)CCCCCCCCCCCCCCC.[Na+]. The molecule has 0 radical (unpaired) electrons. The van der Waals surface area contributed by atoms with Crippen LogP contribution in [-0.2, 0) is 70.9 Å². The first-order valence-electron chi connectivity index (χ1n) is 31.5. The Morgan fingerprint density at radius 1 is 0.628 bits per heavy atom. The number of phosphoric ester groups is 1. The molecule has 0 spiro atoms. The second kappa shape index (κ2) is 50.6. The molecular formula is C59H108N6NaO19P. The normalized spacial score (nSPS) is 19.1. The molecule has 2 unspecified atom stereocenters. The van der Waals surface area contributed by atoms with Crippen molar-refractivity contribution in [2.45, 2.75) is 295 Å². The van der Waals surface area contributed by atoms with E-state index in [1.54, 1.807) is 0 Å². The van der Waals surface area contributed by atoms with Gasteiger partial charge in [-0.1, -0.05) is 168 Å². The Hall–Kier alpha value is -3.17. The number of rotatable bonds is 52. The van der Waals surface area contributed by atoms with Crippen molar-refractivity contribution < 1.29 is 121 Å². The van der Waals surface area contributed by atoms with Crippen LogP contribution < -0.4 is 66.8 Å². The number of nitrogens with two attached hydrogens (primary N) is 1. The zero-order valence-electron chi connectivity index (χ0n) is 52.9. The fourth-order valence-corrected chi connectivity index (χ4v) is 10.2. The summed E-state index contributed by atoms with van der Waals surface area (Å²) in [5.74, 6) is -6.41. The average molecular weight is 1260 g/mol. The third kappa shape index (κ3) is 40.5. The molecule has 1 heterocycles. The summed E-state index contributed by atoms with van der Waals surface area (Å²) in [6.45, 7) is 6.72. The van der Waals surface area contributed by atoms with Gasteiger partial charge in [0.25, 0.3) is 7.82 Å². The molecule has 0 saturated carbocycles. The van der Waals surface area contributed by atoms with E-state index in [-0.39, 0.29) is 55.4 Å². The predicted molar refractivity (Wildman–Crippen MR) is 315 cm³/mol. The summed E-state index contributed by atoms with van der Waals surface area (Å²) in [6.07, 6.45) is 20.3. The van der Waals surface area contributed by atoms with E-state index < -0.39 is 149 Å². The Labute approximate surface area is 533 Å². The van der Waals surface area contributed by atoms with Gasteiger partial charge in [-0.25, -0.2) is 0 Å². The van der Waals surface area contributed by atoms with Crippen molar-refractivity contribution in [2.75, 3.05) is 33.0 Å². The van der Waals surface area contributed by atoms with E-state index in [1.165, 1.54) is 124 Å².